The molecule has 5 nitrogen and oxygen atoms in total. The van der Waals surface area contributed by atoms with Crippen LogP contribution >= 0.6 is 0 Å². The van der Waals surface area contributed by atoms with Gasteiger partial charge in [-0.05, 0) is 37.8 Å². The largest absolute Gasteiger partial charge is 0.325 e. The van der Waals surface area contributed by atoms with Crippen LogP contribution in [-0.2, 0) is 14.8 Å². The Morgan fingerprint density at radius 1 is 1.25 bits per heavy atom. The SMILES string of the molecule is NS(=O)(=O)c1ccccc1NC(=O)CC1=CCCCC1. The lowest BCUT2D eigenvalue weighted by atomic mass is 9.97. The molecule has 0 aromatic heterocycles. The maximum absolute atomic E-state index is 12.0. The van der Waals surface area contributed by atoms with Gasteiger partial charge in [0, 0.05) is 6.42 Å². The summed E-state index contributed by atoms with van der Waals surface area (Å²) in [6, 6.07) is 6.14. The fourth-order valence-electron chi connectivity index (χ4n) is 2.28. The van der Waals surface area contributed by atoms with Gasteiger partial charge >= 0.3 is 0 Å². The molecular formula is C14H18N2O3S. The van der Waals surface area contributed by atoms with Crippen molar-refractivity contribution in [2.45, 2.75) is 37.0 Å². The van der Waals surface area contributed by atoms with Crippen LogP contribution in [0.15, 0.2) is 40.8 Å². The van der Waals surface area contributed by atoms with Gasteiger partial charge in [0.2, 0.25) is 15.9 Å². The number of benzene rings is 1. The standard InChI is InChI=1S/C14H18N2O3S/c15-20(18,19)13-9-5-4-8-12(13)16-14(17)10-11-6-2-1-3-7-11/h4-6,8-9H,1-3,7,10H2,(H,16,17)(H2,15,18,19). The van der Waals surface area contributed by atoms with Crippen LogP contribution in [0.2, 0.25) is 0 Å². The Kier molecular flexibility index (Phi) is 4.57. The Morgan fingerprint density at radius 2 is 2.00 bits per heavy atom. The molecule has 108 valence electrons. The highest BCUT2D eigenvalue weighted by atomic mass is 32.2. The molecule has 1 aliphatic rings. The van der Waals surface area contributed by atoms with Crippen LogP contribution in [0.1, 0.15) is 32.1 Å². The van der Waals surface area contributed by atoms with Crippen molar-refractivity contribution in [1.29, 1.82) is 0 Å². The smallest absolute Gasteiger partial charge is 0.240 e. The van der Waals surface area contributed by atoms with Gasteiger partial charge in [0.1, 0.15) is 4.90 Å². The van der Waals surface area contributed by atoms with E-state index in [1.54, 1.807) is 12.1 Å². The second-order valence-electron chi connectivity index (χ2n) is 4.87. The summed E-state index contributed by atoms with van der Waals surface area (Å²) in [5.74, 6) is -0.214. The lowest BCUT2D eigenvalue weighted by Gasteiger charge is -2.13. The average Bonchev–Trinajstić information content (AvgIpc) is 2.39. The quantitative estimate of drug-likeness (QED) is 0.834. The second kappa shape index (κ2) is 6.19. The van der Waals surface area contributed by atoms with Gasteiger partial charge in [-0.3, -0.25) is 4.79 Å². The first kappa shape index (κ1) is 14.7. The summed E-state index contributed by atoms with van der Waals surface area (Å²) in [5, 5.41) is 7.75. The van der Waals surface area contributed by atoms with Crippen LogP contribution in [0.4, 0.5) is 5.69 Å². The molecule has 3 N–H and O–H groups in total. The number of allylic oxidation sites excluding steroid dienone is 1. The molecule has 1 aliphatic carbocycles. The maximum Gasteiger partial charge on any atom is 0.240 e. The molecule has 0 heterocycles. The molecule has 0 saturated heterocycles. The first-order chi connectivity index (χ1) is 9.47. The number of anilines is 1. The first-order valence-corrected chi connectivity index (χ1v) is 8.11. The minimum absolute atomic E-state index is 0.0639. The zero-order valence-corrected chi connectivity index (χ0v) is 11.9. The topological polar surface area (TPSA) is 89.3 Å². The van der Waals surface area contributed by atoms with Gasteiger partial charge in [-0.1, -0.05) is 23.8 Å². The average molecular weight is 294 g/mol. The third-order valence-electron chi connectivity index (χ3n) is 3.24. The molecular weight excluding hydrogens is 276 g/mol. The highest BCUT2D eigenvalue weighted by Gasteiger charge is 2.16. The van der Waals surface area contributed by atoms with Crippen molar-refractivity contribution in [3.05, 3.63) is 35.9 Å². The predicted molar refractivity (Wildman–Crippen MR) is 77.6 cm³/mol. The number of nitrogens with two attached hydrogens (primary N) is 1. The van der Waals surface area contributed by atoms with Gasteiger partial charge in [0.15, 0.2) is 0 Å². The first-order valence-electron chi connectivity index (χ1n) is 6.56. The number of amides is 1. The molecule has 0 atom stereocenters. The van der Waals surface area contributed by atoms with Crippen molar-refractivity contribution >= 4 is 21.6 Å². The van der Waals surface area contributed by atoms with Gasteiger partial charge in [-0.15, -0.1) is 0 Å². The van der Waals surface area contributed by atoms with Gasteiger partial charge in [-0.2, -0.15) is 0 Å². The van der Waals surface area contributed by atoms with Crippen molar-refractivity contribution in [3.8, 4) is 0 Å². The van der Waals surface area contributed by atoms with E-state index in [2.05, 4.69) is 11.4 Å². The summed E-state index contributed by atoms with van der Waals surface area (Å²) in [6.07, 6.45) is 6.61. The lowest BCUT2D eigenvalue weighted by Crippen LogP contribution is -2.18. The molecule has 0 aliphatic heterocycles. The van der Waals surface area contributed by atoms with Crippen molar-refractivity contribution in [2.24, 2.45) is 5.14 Å². The summed E-state index contributed by atoms with van der Waals surface area (Å²) in [6.45, 7) is 0. The summed E-state index contributed by atoms with van der Waals surface area (Å²) >= 11 is 0. The van der Waals surface area contributed by atoms with Crippen molar-refractivity contribution in [2.75, 3.05) is 5.32 Å². The third-order valence-corrected chi connectivity index (χ3v) is 4.21. The normalized spacial score (nSPS) is 15.6. The summed E-state index contributed by atoms with van der Waals surface area (Å²) < 4.78 is 22.9. The summed E-state index contributed by atoms with van der Waals surface area (Å²) in [7, 11) is -3.84. The van der Waals surface area contributed by atoms with E-state index >= 15 is 0 Å². The molecule has 2 rings (SSSR count). The number of primary sulfonamides is 1. The molecule has 1 amide bonds. The van der Waals surface area contributed by atoms with Crippen LogP contribution < -0.4 is 10.5 Å². The van der Waals surface area contributed by atoms with E-state index in [0.717, 1.165) is 24.8 Å². The number of carbonyl (C=O) groups is 1. The van der Waals surface area contributed by atoms with Crippen molar-refractivity contribution < 1.29 is 13.2 Å². The van der Waals surface area contributed by atoms with Crippen LogP contribution in [0, 0.1) is 0 Å². The predicted octanol–water partition coefficient (Wildman–Crippen LogP) is 2.16. The number of carbonyl (C=O) groups excluding carboxylic acids is 1. The molecule has 1 aromatic rings. The third kappa shape index (κ3) is 3.91. The van der Waals surface area contributed by atoms with E-state index in [1.165, 1.54) is 18.6 Å². The van der Waals surface area contributed by atoms with E-state index in [-0.39, 0.29) is 16.5 Å². The Labute approximate surface area is 118 Å². The fraction of sp³-hybridized carbons (Fsp3) is 0.357. The van der Waals surface area contributed by atoms with Gasteiger partial charge in [0.25, 0.3) is 0 Å². The van der Waals surface area contributed by atoms with Gasteiger partial charge in [-0.25, -0.2) is 13.6 Å². The molecule has 0 radical (unpaired) electrons. The Hall–Kier alpha value is -1.66. The number of rotatable bonds is 4. The molecule has 20 heavy (non-hydrogen) atoms. The Morgan fingerprint density at radius 3 is 2.65 bits per heavy atom. The van der Waals surface area contributed by atoms with E-state index in [4.69, 9.17) is 5.14 Å². The van der Waals surface area contributed by atoms with Crippen molar-refractivity contribution in [1.82, 2.24) is 0 Å². The highest BCUT2D eigenvalue weighted by Crippen LogP contribution is 2.23. The number of hydrogen-bond acceptors (Lipinski definition) is 3. The zero-order chi connectivity index (χ0) is 14.6. The molecule has 0 saturated carbocycles. The number of hydrogen-bond donors (Lipinski definition) is 2. The molecule has 0 unspecified atom stereocenters. The highest BCUT2D eigenvalue weighted by molar-refractivity contribution is 7.89. The second-order valence-corrected chi connectivity index (χ2v) is 6.40. The number of sulfonamides is 1. The van der Waals surface area contributed by atoms with E-state index < -0.39 is 10.0 Å². The maximum atomic E-state index is 12.0. The van der Waals surface area contributed by atoms with Crippen LogP contribution in [0.25, 0.3) is 0 Å². The summed E-state index contributed by atoms with van der Waals surface area (Å²) in [5.41, 5.74) is 1.35. The molecule has 0 bridgehead atoms. The molecule has 0 spiro atoms. The van der Waals surface area contributed by atoms with E-state index in [9.17, 15) is 13.2 Å². The van der Waals surface area contributed by atoms with Crippen LogP contribution in [0.5, 0.6) is 0 Å². The molecule has 6 heteroatoms. The minimum Gasteiger partial charge on any atom is -0.325 e. The monoisotopic (exact) mass is 294 g/mol. The lowest BCUT2D eigenvalue weighted by molar-refractivity contribution is -0.115. The van der Waals surface area contributed by atoms with Gasteiger partial charge in [0.05, 0.1) is 5.69 Å². The van der Waals surface area contributed by atoms with Crippen LogP contribution in [0.3, 0.4) is 0 Å². The fourth-order valence-corrected chi connectivity index (χ4v) is 2.98. The summed E-state index contributed by atoms with van der Waals surface area (Å²) in [4.78, 5) is 11.9. The van der Waals surface area contributed by atoms with E-state index in [1.807, 2.05) is 0 Å². The van der Waals surface area contributed by atoms with Crippen molar-refractivity contribution in [3.63, 3.8) is 0 Å². The number of para-hydroxylation sites is 1. The Bertz CT molecular complexity index is 636. The molecule has 1 aromatic carbocycles. The minimum atomic E-state index is -3.84. The Balaban J connectivity index is 2.10. The molecule has 0 fully saturated rings. The number of nitrogens with one attached hydrogen (secondary N) is 1. The van der Waals surface area contributed by atoms with E-state index in [0.29, 0.717) is 6.42 Å². The zero-order valence-electron chi connectivity index (χ0n) is 11.1. The van der Waals surface area contributed by atoms with Gasteiger partial charge < -0.3 is 5.32 Å². The van der Waals surface area contributed by atoms with Crippen LogP contribution in [-0.4, -0.2) is 14.3 Å².